The summed E-state index contributed by atoms with van der Waals surface area (Å²) in [6.07, 6.45) is 1.28. The molecule has 2 aromatic rings. The smallest absolute Gasteiger partial charge is 0.274 e. The van der Waals surface area contributed by atoms with E-state index < -0.39 is 11.7 Å². The molecule has 1 aromatic carbocycles. The number of rotatable bonds is 2. The molecule has 0 aliphatic rings. The largest absolute Gasteiger partial charge is 0.397 e. The molecule has 0 radical (unpaired) electrons. The number of nitriles is 1. The van der Waals surface area contributed by atoms with E-state index in [1.165, 1.54) is 30.5 Å². The van der Waals surface area contributed by atoms with Gasteiger partial charge in [-0.1, -0.05) is 0 Å². The Hall–Kier alpha value is -2.94. The summed E-state index contributed by atoms with van der Waals surface area (Å²) in [6, 6.07) is 8.45. The SMILES string of the molecule is N#Cc1ccc(C(=O)Nc2cc(F)ccc2N)nc1. The van der Waals surface area contributed by atoms with Crippen LogP contribution in [0.15, 0.2) is 36.5 Å². The van der Waals surface area contributed by atoms with E-state index in [2.05, 4.69) is 10.3 Å². The molecule has 5 nitrogen and oxygen atoms in total. The third-order valence-electron chi connectivity index (χ3n) is 2.39. The molecule has 1 heterocycles. The topological polar surface area (TPSA) is 91.8 Å². The fourth-order valence-corrected chi connectivity index (χ4v) is 1.42. The van der Waals surface area contributed by atoms with Gasteiger partial charge in [0.25, 0.3) is 5.91 Å². The van der Waals surface area contributed by atoms with Crippen LogP contribution in [0.5, 0.6) is 0 Å². The number of hydrogen-bond acceptors (Lipinski definition) is 4. The number of carbonyl (C=O) groups excluding carboxylic acids is 1. The Morgan fingerprint density at radius 3 is 2.79 bits per heavy atom. The molecule has 1 amide bonds. The van der Waals surface area contributed by atoms with E-state index in [-0.39, 0.29) is 17.1 Å². The lowest BCUT2D eigenvalue weighted by Gasteiger charge is -2.07. The van der Waals surface area contributed by atoms with Crippen molar-refractivity contribution in [3.63, 3.8) is 0 Å². The number of nitrogen functional groups attached to an aromatic ring is 1. The summed E-state index contributed by atoms with van der Waals surface area (Å²) in [4.78, 5) is 15.7. The minimum Gasteiger partial charge on any atom is -0.397 e. The highest BCUT2D eigenvalue weighted by Gasteiger charge is 2.10. The quantitative estimate of drug-likeness (QED) is 0.803. The van der Waals surface area contributed by atoms with Crippen LogP contribution in [-0.2, 0) is 0 Å². The third kappa shape index (κ3) is 2.84. The van der Waals surface area contributed by atoms with Crippen LogP contribution >= 0.6 is 0 Å². The van der Waals surface area contributed by atoms with Crippen molar-refractivity contribution in [2.45, 2.75) is 0 Å². The number of hydrogen-bond donors (Lipinski definition) is 2. The molecule has 0 aliphatic heterocycles. The molecule has 0 bridgehead atoms. The molecule has 0 saturated heterocycles. The molecule has 0 unspecified atom stereocenters. The average Bonchev–Trinajstić information content (AvgIpc) is 2.43. The summed E-state index contributed by atoms with van der Waals surface area (Å²) < 4.78 is 13.0. The zero-order chi connectivity index (χ0) is 13.8. The molecular weight excluding hydrogens is 247 g/mol. The average molecular weight is 256 g/mol. The molecule has 1 aromatic heterocycles. The summed E-state index contributed by atoms with van der Waals surface area (Å²) >= 11 is 0. The lowest BCUT2D eigenvalue weighted by molar-refractivity contribution is 0.102. The number of carbonyl (C=O) groups is 1. The van der Waals surface area contributed by atoms with Crippen molar-refractivity contribution in [1.82, 2.24) is 4.98 Å². The Kier molecular flexibility index (Phi) is 3.39. The number of nitrogens with one attached hydrogen (secondary N) is 1. The van der Waals surface area contributed by atoms with Crippen LogP contribution in [0.3, 0.4) is 0 Å². The fraction of sp³-hybridized carbons (Fsp3) is 0. The molecule has 0 fully saturated rings. The zero-order valence-electron chi connectivity index (χ0n) is 9.72. The Bertz CT molecular complexity index is 661. The maximum absolute atomic E-state index is 13.0. The Labute approximate surface area is 108 Å². The molecule has 2 rings (SSSR count). The van der Waals surface area contributed by atoms with E-state index >= 15 is 0 Å². The van der Waals surface area contributed by atoms with E-state index in [4.69, 9.17) is 11.0 Å². The van der Waals surface area contributed by atoms with Crippen LogP contribution in [-0.4, -0.2) is 10.9 Å². The molecule has 0 aliphatic carbocycles. The maximum atomic E-state index is 13.0. The molecule has 3 N–H and O–H groups in total. The van der Waals surface area contributed by atoms with Gasteiger partial charge in [-0.3, -0.25) is 4.79 Å². The van der Waals surface area contributed by atoms with Gasteiger partial charge in [0.15, 0.2) is 0 Å². The first-order valence-electron chi connectivity index (χ1n) is 5.32. The highest BCUT2D eigenvalue weighted by atomic mass is 19.1. The number of benzene rings is 1. The predicted molar refractivity (Wildman–Crippen MR) is 67.7 cm³/mol. The summed E-state index contributed by atoms with van der Waals surface area (Å²) in [7, 11) is 0. The summed E-state index contributed by atoms with van der Waals surface area (Å²) in [5.41, 5.74) is 6.51. The lowest BCUT2D eigenvalue weighted by atomic mass is 10.2. The van der Waals surface area contributed by atoms with Gasteiger partial charge in [0, 0.05) is 6.20 Å². The van der Waals surface area contributed by atoms with Crippen LogP contribution in [0.4, 0.5) is 15.8 Å². The van der Waals surface area contributed by atoms with E-state index in [1.807, 2.05) is 6.07 Å². The maximum Gasteiger partial charge on any atom is 0.274 e. The first-order valence-corrected chi connectivity index (χ1v) is 5.32. The zero-order valence-corrected chi connectivity index (χ0v) is 9.72. The van der Waals surface area contributed by atoms with Gasteiger partial charge in [-0.2, -0.15) is 5.26 Å². The predicted octanol–water partition coefficient (Wildman–Crippen LogP) is 1.93. The van der Waals surface area contributed by atoms with E-state index in [0.29, 0.717) is 5.56 Å². The van der Waals surface area contributed by atoms with Crippen LogP contribution in [0, 0.1) is 17.1 Å². The standard InChI is InChI=1S/C13H9FN4O/c14-9-2-3-10(16)12(5-9)18-13(19)11-4-1-8(6-15)7-17-11/h1-5,7H,16H2,(H,18,19). The Morgan fingerprint density at radius 1 is 1.37 bits per heavy atom. The monoisotopic (exact) mass is 256 g/mol. The first-order chi connectivity index (χ1) is 9.10. The molecule has 19 heavy (non-hydrogen) atoms. The molecule has 94 valence electrons. The van der Waals surface area contributed by atoms with Gasteiger partial charge in [0.2, 0.25) is 0 Å². The summed E-state index contributed by atoms with van der Waals surface area (Å²) in [6.45, 7) is 0. The summed E-state index contributed by atoms with van der Waals surface area (Å²) in [5.74, 6) is -1.03. The second-order valence-electron chi connectivity index (χ2n) is 3.73. The Morgan fingerprint density at radius 2 is 2.16 bits per heavy atom. The highest BCUT2D eigenvalue weighted by molar-refractivity contribution is 6.04. The molecule has 0 saturated carbocycles. The fourth-order valence-electron chi connectivity index (χ4n) is 1.42. The van der Waals surface area contributed by atoms with Gasteiger partial charge in [-0.25, -0.2) is 9.37 Å². The number of anilines is 2. The third-order valence-corrected chi connectivity index (χ3v) is 2.39. The van der Waals surface area contributed by atoms with Crippen molar-refractivity contribution in [2.75, 3.05) is 11.1 Å². The van der Waals surface area contributed by atoms with Crippen LogP contribution in [0.25, 0.3) is 0 Å². The van der Waals surface area contributed by atoms with Crippen molar-refractivity contribution in [3.8, 4) is 6.07 Å². The van der Waals surface area contributed by atoms with Crippen molar-refractivity contribution < 1.29 is 9.18 Å². The Balaban J connectivity index is 2.21. The molecular formula is C13H9FN4O. The van der Waals surface area contributed by atoms with E-state index in [9.17, 15) is 9.18 Å². The number of nitrogens with zero attached hydrogens (tertiary/aromatic N) is 2. The number of halogens is 1. The van der Waals surface area contributed by atoms with Crippen LogP contribution in [0.1, 0.15) is 16.1 Å². The van der Waals surface area contributed by atoms with Crippen molar-refractivity contribution in [1.29, 1.82) is 5.26 Å². The van der Waals surface area contributed by atoms with E-state index in [0.717, 1.165) is 6.07 Å². The minimum absolute atomic E-state index is 0.114. The van der Waals surface area contributed by atoms with Crippen LogP contribution in [0.2, 0.25) is 0 Å². The second kappa shape index (κ2) is 5.14. The first kappa shape index (κ1) is 12.5. The second-order valence-corrected chi connectivity index (χ2v) is 3.73. The number of amides is 1. The molecule has 6 heteroatoms. The molecule has 0 atom stereocenters. The normalized spacial score (nSPS) is 9.68. The lowest BCUT2D eigenvalue weighted by Crippen LogP contribution is -2.14. The minimum atomic E-state index is -0.526. The van der Waals surface area contributed by atoms with E-state index in [1.54, 1.807) is 0 Å². The van der Waals surface area contributed by atoms with Crippen LogP contribution < -0.4 is 11.1 Å². The van der Waals surface area contributed by atoms with Gasteiger partial charge >= 0.3 is 0 Å². The summed E-state index contributed by atoms with van der Waals surface area (Å²) in [5, 5.41) is 11.1. The van der Waals surface area contributed by atoms with Crippen molar-refractivity contribution in [3.05, 3.63) is 53.6 Å². The van der Waals surface area contributed by atoms with Gasteiger partial charge in [0.1, 0.15) is 17.6 Å². The molecule has 0 spiro atoms. The van der Waals surface area contributed by atoms with Gasteiger partial charge < -0.3 is 11.1 Å². The number of nitrogens with two attached hydrogens (primary N) is 1. The number of pyridine rings is 1. The number of aromatic nitrogens is 1. The van der Waals surface area contributed by atoms with Gasteiger partial charge in [-0.15, -0.1) is 0 Å². The van der Waals surface area contributed by atoms with Gasteiger partial charge in [0.05, 0.1) is 16.9 Å². The van der Waals surface area contributed by atoms with Crippen molar-refractivity contribution >= 4 is 17.3 Å². The van der Waals surface area contributed by atoms with Gasteiger partial charge in [-0.05, 0) is 30.3 Å². The van der Waals surface area contributed by atoms with Crippen molar-refractivity contribution in [2.24, 2.45) is 0 Å². The highest BCUT2D eigenvalue weighted by Crippen LogP contribution is 2.19.